The Kier molecular flexibility index (Phi) is 16.3. The van der Waals surface area contributed by atoms with Gasteiger partial charge in [0.1, 0.15) is 42.0 Å². The number of hydrogen-bond donors (Lipinski definition) is 5. The molecule has 69 heavy (non-hydrogen) atoms. The van der Waals surface area contributed by atoms with E-state index < -0.39 is 101 Å². The summed E-state index contributed by atoms with van der Waals surface area (Å²) < 4.78 is 29.5. The molecule has 1 aromatic rings. The average Bonchev–Trinajstić information content (AvgIpc) is 3.79. The minimum Gasteiger partial charge on any atom is -0.507 e. The number of methoxy groups -OCH3 is 1. The molecule has 0 saturated carbocycles. The first-order valence-corrected chi connectivity index (χ1v) is 23.9. The lowest BCUT2D eigenvalue weighted by atomic mass is 9.78. The quantitative estimate of drug-likeness (QED) is 0.173. The number of fused-ring (bicyclic) bond motifs is 3. The van der Waals surface area contributed by atoms with Gasteiger partial charge in [-0.25, -0.2) is 0 Å². The molecule has 9 atom stereocenters. The zero-order valence-electron chi connectivity index (χ0n) is 42.0. The second kappa shape index (κ2) is 21.3. The van der Waals surface area contributed by atoms with E-state index in [1.807, 2.05) is 19.0 Å². The Balaban J connectivity index is 1.43. The molecule has 1 aromatic carbocycles. The number of ketones is 2. The number of Topliss-reactive ketones (excluding diaryl/α,β-unsaturated/α-hetero) is 2. The molecule has 5 N–H and O–H groups in total. The van der Waals surface area contributed by atoms with Gasteiger partial charge in [0.25, 0.3) is 11.7 Å². The number of hydrogen-bond acceptors (Lipinski definition) is 17. The number of likely N-dealkylation sites (tertiary alicyclic amines) is 1. The predicted octanol–water partition coefficient (Wildman–Crippen LogP) is 4.09. The molecular weight excluding hydrogens is 891 g/mol. The Bertz CT molecular complexity index is 2340. The van der Waals surface area contributed by atoms with Crippen molar-refractivity contribution >= 4 is 35.1 Å². The number of carbonyl (C=O) groups excluding carboxylic acids is 5. The molecule has 18 heteroatoms. The highest BCUT2D eigenvalue weighted by atomic mass is 16.7. The Morgan fingerprint density at radius 1 is 0.957 bits per heavy atom. The SMILES string of the molecule is CO[C@H]1/C=C/O[C@@]2(C)Oc3c(C)c(O)c4c(c3C2=O)C2=NC3(CCN(CC(C)C)CC3)NC2=C(NC(=O)/C(C)=C\C=C\[C@H](C)[C@H](O)[C@@H](C)[C@@H](O)[C@@H](C)[C@H](OC(=O)CC(=O)OCCN(C)C)[C@@H]1C)C4=O. The van der Waals surface area contributed by atoms with Crippen LogP contribution in [0.4, 0.5) is 0 Å². The number of aliphatic hydroxyl groups excluding tert-OH is 2. The lowest BCUT2D eigenvalue weighted by Crippen LogP contribution is -2.50. The maximum atomic E-state index is 14.9. The maximum Gasteiger partial charge on any atom is 0.317 e. The van der Waals surface area contributed by atoms with Crippen LogP contribution in [0.2, 0.25) is 0 Å². The van der Waals surface area contributed by atoms with E-state index in [4.69, 9.17) is 28.7 Å². The van der Waals surface area contributed by atoms with Gasteiger partial charge in [-0.05, 0) is 39.9 Å². The number of ether oxygens (including phenoxy) is 5. The van der Waals surface area contributed by atoms with E-state index in [1.165, 1.54) is 39.4 Å². The fourth-order valence-corrected chi connectivity index (χ4v) is 9.79. The Labute approximate surface area is 404 Å². The number of esters is 2. The number of allylic oxidation sites excluding steroid dienone is 4. The van der Waals surface area contributed by atoms with Gasteiger partial charge >= 0.3 is 17.7 Å². The molecule has 5 bridgehead atoms. The zero-order chi connectivity index (χ0) is 50.9. The fraction of sp³-hybridized carbons (Fsp3) is 0.608. The van der Waals surface area contributed by atoms with Crippen LogP contribution in [0.5, 0.6) is 11.5 Å². The minimum atomic E-state index is -2.03. The summed E-state index contributed by atoms with van der Waals surface area (Å²) in [6, 6.07) is 0. The van der Waals surface area contributed by atoms with E-state index in [0.29, 0.717) is 38.4 Å². The van der Waals surface area contributed by atoms with Gasteiger partial charge < -0.3 is 59.4 Å². The van der Waals surface area contributed by atoms with Gasteiger partial charge in [0.15, 0.2) is 0 Å². The number of piperidine rings is 1. The molecule has 1 spiro atoms. The van der Waals surface area contributed by atoms with Gasteiger partial charge in [-0.2, -0.15) is 0 Å². The van der Waals surface area contributed by atoms with Gasteiger partial charge in [-0.3, -0.25) is 29.0 Å². The number of nitrogens with one attached hydrogen (secondary N) is 2. The molecule has 1 aliphatic carbocycles. The Hall–Kier alpha value is -5.40. The summed E-state index contributed by atoms with van der Waals surface area (Å²) in [7, 11) is 5.05. The molecule has 0 unspecified atom stereocenters. The van der Waals surface area contributed by atoms with Crippen LogP contribution in [0.3, 0.4) is 0 Å². The highest BCUT2D eigenvalue weighted by Crippen LogP contribution is 2.50. The molecule has 4 aliphatic heterocycles. The van der Waals surface area contributed by atoms with E-state index in [-0.39, 0.29) is 57.3 Å². The van der Waals surface area contributed by atoms with Crippen LogP contribution in [-0.2, 0) is 33.3 Å². The number of benzene rings is 1. The number of carbonyl (C=O) groups is 5. The van der Waals surface area contributed by atoms with E-state index >= 15 is 0 Å². The summed E-state index contributed by atoms with van der Waals surface area (Å²) in [5, 5.41) is 41.5. The highest BCUT2D eigenvalue weighted by molar-refractivity contribution is 6.34. The van der Waals surface area contributed by atoms with Crippen molar-refractivity contribution in [2.75, 3.05) is 54.0 Å². The molecule has 378 valence electrons. The summed E-state index contributed by atoms with van der Waals surface area (Å²) in [5.74, 6) is -8.66. The van der Waals surface area contributed by atoms with Crippen LogP contribution < -0.4 is 15.4 Å². The van der Waals surface area contributed by atoms with Gasteiger partial charge in [0.2, 0.25) is 5.78 Å². The van der Waals surface area contributed by atoms with E-state index in [1.54, 1.807) is 46.8 Å². The molecule has 1 amide bonds. The Morgan fingerprint density at radius 3 is 2.28 bits per heavy atom. The second-order valence-corrected chi connectivity index (χ2v) is 20.1. The first kappa shape index (κ1) is 53.0. The van der Waals surface area contributed by atoms with Crippen molar-refractivity contribution in [2.45, 2.75) is 117 Å². The predicted molar refractivity (Wildman–Crippen MR) is 255 cm³/mol. The monoisotopic (exact) mass is 962 g/mol. The number of aliphatic hydroxyl groups is 2. The first-order valence-electron chi connectivity index (χ1n) is 23.9. The van der Waals surface area contributed by atoms with E-state index in [2.05, 4.69) is 29.4 Å². The van der Waals surface area contributed by atoms with Gasteiger partial charge in [0, 0.05) is 93.4 Å². The summed E-state index contributed by atoms with van der Waals surface area (Å²) in [6.45, 7) is 18.4. The first-order chi connectivity index (χ1) is 32.4. The third-order valence-electron chi connectivity index (χ3n) is 14.0. The molecule has 0 aromatic heterocycles. The summed E-state index contributed by atoms with van der Waals surface area (Å²) in [6.07, 6.45) is 3.55. The average molecular weight is 962 g/mol. The number of amides is 1. The molecule has 4 heterocycles. The summed E-state index contributed by atoms with van der Waals surface area (Å²) in [5.41, 5.74) is -0.448. The van der Waals surface area contributed by atoms with Crippen LogP contribution in [0.15, 0.2) is 52.5 Å². The van der Waals surface area contributed by atoms with Crippen molar-refractivity contribution in [3.05, 3.63) is 69.8 Å². The van der Waals surface area contributed by atoms with Crippen molar-refractivity contribution in [3.63, 3.8) is 0 Å². The number of phenols is 1. The molecule has 18 nitrogen and oxygen atoms in total. The van der Waals surface area contributed by atoms with Crippen LogP contribution in [0.25, 0.3) is 0 Å². The Morgan fingerprint density at radius 2 is 1.64 bits per heavy atom. The third-order valence-corrected chi connectivity index (χ3v) is 14.0. The smallest absolute Gasteiger partial charge is 0.317 e. The molecule has 5 aliphatic rings. The number of phenolic OH excluding ortho intramolecular Hbond substituents is 1. The lowest BCUT2D eigenvalue weighted by molar-refractivity contribution is -0.167. The highest BCUT2D eigenvalue weighted by Gasteiger charge is 2.54. The van der Waals surface area contributed by atoms with Crippen molar-refractivity contribution < 1.29 is 63.0 Å². The maximum absolute atomic E-state index is 14.9. The summed E-state index contributed by atoms with van der Waals surface area (Å²) >= 11 is 0. The third kappa shape index (κ3) is 11.0. The minimum absolute atomic E-state index is 0.00417. The van der Waals surface area contributed by atoms with Crippen LogP contribution >= 0.6 is 0 Å². The van der Waals surface area contributed by atoms with Gasteiger partial charge in [-0.15, -0.1) is 0 Å². The molecular formula is C51H71N5O13. The van der Waals surface area contributed by atoms with E-state index in [9.17, 15) is 39.3 Å². The zero-order valence-corrected chi connectivity index (χ0v) is 42.0. The van der Waals surface area contributed by atoms with Crippen LogP contribution in [-0.4, -0.2) is 150 Å². The largest absolute Gasteiger partial charge is 0.507 e. The number of aromatic hydroxyl groups is 1. The number of nitrogens with zero attached hydrogens (tertiary/aromatic N) is 3. The van der Waals surface area contributed by atoms with Gasteiger partial charge in [-0.1, -0.05) is 59.8 Å². The van der Waals surface area contributed by atoms with Crippen molar-refractivity contribution in [3.8, 4) is 11.5 Å². The van der Waals surface area contributed by atoms with E-state index in [0.717, 1.165) is 6.54 Å². The van der Waals surface area contributed by atoms with Crippen LogP contribution in [0, 0.1) is 36.5 Å². The molecule has 6 rings (SSSR count). The van der Waals surface area contributed by atoms with Crippen molar-refractivity contribution in [2.24, 2.45) is 34.6 Å². The number of rotatable bonds is 9. The lowest BCUT2D eigenvalue weighted by Gasteiger charge is -2.38. The second-order valence-electron chi connectivity index (χ2n) is 20.1. The van der Waals surface area contributed by atoms with Crippen molar-refractivity contribution in [1.82, 2.24) is 20.4 Å². The normalized spacial score (nSPS) is 31.3. The van der Waals surface area contributed by atoms with Crippen LogP contribution in [0.1, 0.15) is 106 Å². The molecule has 1 saturated heterocycles. The van der Waals surface area contributed by atoms with Crippen molar-refractivity contribution in [1.29, 1.82) is 0 Å². The number of likely N-dealkylation sites (N-methyl/N-ethyl adjacent to an activating group) is 1. The fourth-order valence-electron chi connectivity index (χ4n) is 9.79. The van der Waals surface area contributed by atoms with Gasteiger partial charge in [0.05, 0.1) is 47.1 Å². The summed E-state index contributed by atoms with van der Waals surface area (Å²) in [4.78, 5) is 79.1. The number of aliphatic imine (C=N–C) groups is 1. The standard InChI is InChI=1S/C51H71N5O13/c1-26(2)25-56-19-17-51(18-20-56)53-39-36-37-44(61)32(8)47-38(36)48(63)50(9,69-47)67-22-16-33(65-12)29(5)46(68-35(58)24-34(57)66-23-21-55(10)11)31(7)43(60)30(6)42(59)27(3)14-13-15-28(4)49(64)52-41(45(37)62)40(39)54-51/h13-16,22,26-27,29-31,33,42-43,46,54,59-61H,17-21,23-25H2,1-12H3,(H,52,64)/b14-13+,22-16+,28-15-/t27-,29+,30+,31+,33-,42-,43+,46+,50-/m0/s1. The topological polar surface area (TPSA) is 235 Å². The molecule has 0 radical (unpaired) electrons. The molecule has 1 fully saturated rings.